The lowest BCUT2D eigenvalue weighted by atomic mass is 9.88. The Kier molecular flexibility index (Phi) is 5.95. The van der Waals surface area contributed by atoms with Crippen molar-refractivity contribution in [1.82, 2.24) is 4.98 Å². The summed E-state index contributed by atoms with van der Waals surface area (Å²) in [5.74, 6) is -0.104. The molecule has 0 atom stereocenters. The van der Waals surface area contributed by atoms with Crippen LogP contribution in [0.25, 0.3) is 22.0 Å². The van der Waals surface area contributed by atoms with Gasteiger partial charge in [0.05, 0.1) is 16.9 Å². The van der Waals surface area contributed by atoms with Gasteiger partial charge in [-0.3, -0.25) is 9.78 Å². The number of nitrogens with zero attached hydrogens (tertiary/aromatic N) is 1. The lowest BCUT2D eigenvalue weighted by Gasteiger charge is -2.16. The number of rotatable bonds is 8. The summed E-state index contributed by atoms with van der Waals surface area (Å²) in [4.78, 5) is 18.5. The normalized spacial score (nSPS) is 16.8. The van der Waals surface area contributed by atoms with Gasteiger partial charge in [-0.25, -0.2) is 8.42 Å². The number of pyridine rings is 1. The van der Waals surface area contributed by atoms with Crippen LogP contribution in [-0.4, -0.2) is 37.5 Å². The van der Waals surface area contributed by atoms with Crippen molar-refractivity contribution >= 4 is 26.4 Å². The van der Waals surface area contributed by atoms with Crippen molar-refractivity contribution in [2.45, 2.75) is 37.4 Å². The number of carbonyl (C=O) groups excluding carboxylic acids is 1. The Morgan fingerprint density at radius 1 is 0.949 bits per heavy atom. The summed E-state index contributed by atoms with van der Waals surface area (Å²) in [6.07, 6.45) is -0.786. The number of benzene rings is 3. The predicted molar refractivity (Wildman–Crippen MR) is 143 cm³/mol. The first-order valence-electron chi connectivity index (χ1n) is 12.6. The Balaban J connectivity index is 1.31. The predicted octanol–water partition coefficient (Wildman–Crippen LogP) is 5.65. The van der Waals surface area contributed by atoms with Crippen LogP contribution in [-0.2, 0) is 32.9 Å². The second kappa shape index (κ2) is 9.12. The van der Waals surface area contributed by atoms with Gasteiger partial charge in [0.1, 0.15) is 15.6 Å². The minimum atomic E-state index is -3.71. The van der Waals surface area contributed by atoms with Crippen LogP contribution in [0.2, 0.25) is 0 Å². The highest BCUT2D eigenvalue weighted by Crippen LogP contribution is 2.52. The third-order valence-corrected chi connectivity index (χ3v) is 8.28. The van der Waals surface area contributed by atoms with Gasteiger partial charge >= 0.3 is 6.29 Å². The maximum Gasteiger partial charge on any atom is 0.586 e. The summed E-state index contributed by atoms with van der Waals surface area (Å²) in [6.45, 7) is 0. The minimum absolute atomic E-state index is 0.0382. The Morgan fingerprint density at radius 2 is 1.72 bits per heavy atom. The van der Waals surface area contributed by atoms with E-state index in [0.717, 1.165) is 21.9 Å². The van der Waals surface area contributed by atoms with Gasteiger partial charge in [-0.2, -0.15) is 0 Å². The molecule has 2 heterocycles. The van der Waals surface area contributed by atoms with Gasteiger partial charge in [0.25, 0.3) is 0 Å². The lowest BCUT2D eigenvalue weighted by Crippen LogP contribution is -2.26. The molecule has 6 nitrogen and oxygen atoms in total. The van der Waals surface area contributed by atoms with Crippen molar-refractivity contribution in [2.24, 2.45) is 0 Å². The molecule has 0 amide bonds. The lowest BCUT2D eigenvalue weighted by molar-refractivity contribution is -0.286. The summed E-state index contributed by atoms with van der Waals surface area (Å²) in [5, 5.41) is 1.86. The molecule has 0 unspecified atom stereocenters. The molecule has 4 aromatic rings. The average molecular weight is 550 g/mol. The zero-order valence-electron chi connectivity index (χ0n) is 21.1. The number of halogens is 2. The summed E-state index contributed by atoms with van der Waals surface area (Å²) in [7, 11) is -3.10. The molecule has 1 aliphatic carbocycles. The fourth-order valence-corrected chi connectivity index (χ4v) is 5.78. The highest BCUT2D eigenvalue weighted by molar-refractivity contribution is 7.90. The molecular weight excluding hydrogens is 524 g/mol. The van der Waals surface area contributed by atoms with E-state index in [2.05, 4.69) is 9.47 Å². The van der Waals surface area contributed by atoms with Crippen molar-refractivity contribution in [3.63, 3.8) is 0 Å². The van der Waals surface area contributed by atoms with Gasteiger partial charge in [-0.1, -0.05) is 48.5 Å². The van der Waals surface area contributed by atoms with Gasteiger partial charge in [-0.05, 0) is 60.0 Å². The molecule has 1 aliphatic heterocycles. The van der Waals surface area contributed by atoms with E-state index in [1.54, 1.807) is 6.07 Å². The van der Waals surface area contributed by atoms with Crippen molar-refractivity contribution in [3.8, 4) is 22.8 Å². The molecule has 39 heavy (non-hydrogen) atoms. The van der Waals surface area contributed by atoms with E-state index in [0.29, 0.717) is 36.2 Å². The third-order valence-electron chi connectivity index (χ3n) is 7.33. The number of ether oxygens (including phenoxy) is 2. The van der Waals surface area contributed by atoms with Gasteiger partial charge in [0, 0.05) is 29.3 Å². The third kappa shape index (κ3) is 5.11. The standard InChI is InChI=1S/C30H25F2NO5S/c1-39(35,36)14-11-19-5-4-7-21(15-19)28-24-8-3-2-6-20(24)16-23(33-28)18-27(34)29(12-13-29)22-9-10-25-26(17-22)38-30(31,32)37-25/h2-10,15-17H,11-14,18H2,1H3. The van der Waals surface area contributed by atoms with E-state index in [1.807, 2.05) is 54.6 Å². The topological polar surface area (TPSA) is 82.6 Å². The van der Waals surface area contributed by atoms with Crippen molar-refractivity contribution in [2.75, 3.05) is 12.0 Å². The summed E-state index contributed by atoms with van der Waals surface area (Å²) in [5.41, 5.74) is 2.91. The first kappa shape index (κ1) is 25.4. The molecule has 1 saturated carbocycles. The molecule has 0 radical (unpaired) electrons. The molecule has 6 rings (SSSR count). The number of aromatic nitrogens is 1. The molecule has 200 valence electrons. The minimum Gasteiger partial charge on any atom is -0.395 e. The molecule has 1 fully saturated rings. The Labute approximate surface area is 224 Å². The zero-order chi connectivity index (χ0) is 27.4. The molecule has 9 heteroatoms. The molecule has 0 N–H and O–H groups in total. The number of alkyl halides is 2. The average Bonchev–Trinajstić information content (AvgIpc) is 3.64. The number of fused-ring (bicyclic) bond motifs is 2. The van der Waals surface area contributed by atoms with Gasteiger partial charge in [0.2, 0.25) is 0 Å². The van der Waals surface area contributed by atoms with Gasteiger partial charge in [0.15, 0.2) is 11.5 Å². The maximum absolute atomic E-state index is 13.6. The maximum atomic E-state index is 13.6. The van der Waals surface area contributed by atoms with E-state index >= 15 is 0 Å². The van der Waals surface area contributed by atoms with Gasteiger partial charge in [-0.15, -0.1) is 8.78 Å². The fourth-order valence-electron chi connectivity index (χ4n) is 5.18. The number of hydrogen-bond donors (Lipinski definition) is 0. The Morgan fingerprint density at radius 3 is 2.49 bits per heavy atom. The summed E-state index contributed by atoms with van der Waals surface area (Å²) < 4.78 is 59.4. The van der Waals surface area contributed by atoms with Crippen LogP contribution < -0.4 is 9.47 Å². The first-order chi connectivity index (χ1) is 18.5. The summed E-state index contributed by atoms with van der Waals surface area (Å²) >= 11 is 0. The second-order valence-corrected chi connectivity index (χ2v) is 12.5. The van der Waals surface area contributed by atoms with Crippen LogP contribution in [0.15, 0.2) is 72.8 Å². The van der Waals surface area contributed by atoms with Crippen molar-refractivity contribution in [1.29, 1.82) is 0 Å². The largest absolute Gasteiger partial charge is 0.586 e. The van der Waals surface area contributed by atoms with E-state index < -0.39 is 21.5 Å². The quantitative estimate of drug-likeness (QED) is 0.282. The fraction of sp³-hybridized carbons (Fsp3) is 0.267. The number of aryl methyl sites for hydroxylation is 1. The number of ketones is 1. The summed E-state index contributed by atoms with van der Waals surface area (Å²) in [6, 6.07) is 21.9. The van der Waals surface area contributed by atoms with E-state index in [1.165, 1.54) is 18.4 Å². The van der Waals surface area contributed by atoms with Crippen LogP contribution in [0, 0.1) is 0 Å². The van der Waals surface area contributed by atoms with Crippen molar-refractivity contribution < 1.29 is 31.5 Å². The zero-order valence-corrected chi connectivity index (χ0v) is 21.9. The second-order valence-electron chi connectivity index (χ2n) is 10.3. The highest BCUT2D eigenvalue weighted by Gasteiger charge is 2.52. The number of carbonyl (C=O) groups is 1. The van der Waals surface area contributed by atoms with E-state index in [4.69, 9.17) is 4.98 Å². The van der Waals surface area contributed by atoms with Crippen LogP contribution in [0.3, 0.4) is 0 Å². The number of hydrogen-bond acceptors (Lipinski definition) is 6. The van der Waals surface area contributed by atoms with Gasteiger partial charge < -0.3 is 9.47 Å². The molecular formula is C30H25F2NO5S. The molecule has 3 aromatic carbocycles. The Hall–Kier alpha value is -3.85. The monoisotopic (exact) mass is 549 g/mol. The molecule has 0 saturated heterocycles. The number of sulfone groups is 1. The first-order valence-corrected chi connectivity index (χ1v) is 14.7. The van der Waals surface area contributed by atoms with Crippen LogP contribution in [0.1, 0.15) is 29.7 Å². The van der Waals surface area contributed by atoms with Crippen LogP contribution in [0.5, 0.6) is 11.5 Å². The molecule has 2 aliphatic rings. The van der Waals surface area contributed by atoms with Crippen LogP contribution >= 0.6 is 0 Å². The molecule has 0 bridgehead atoms. The van der Waals surface area contributed by atoms with E-state index in [9.17, 15) is 22.0 Å². The highest BCUT2D eigenvalue weighted by atomic mass is 32.2. The van der Waals surface area contributed by atoms with Crippen LogP contribution in [0.4, 0.5) is 8.78 Å². The smallest absolute Gasteiger partial charge is 0.395 e. The van der Waals surface area contributed by atoms with E-state index in [-0.39, 0.29) is 29.5 Å². The SMILES string of the molecule is CS(=O)(=O)CCc1cccc(-c2nc(CC(=O)C3(c4ccc5c(c4)OC(F)(F)O5)CC3)cc3ccccc23)c1. The van der Waals surface area contributed by atoms with Crippen molar-refractivity contribution in [3.05, 3.63) is 89.6 Å². The number of Topliss-reactive ketones (excluding diaryl/α,β-unsaturated/α-hetero) is 1. The molecule has 1 aromatic heterocycles. The molecule has 0 spiro atoms. The Bertz CT molecular complexity index is 1730.